The summed E-state index contributed by atoms with van der Waals surface area (Å²) in [4.78, 5) is 2.36. The topological polar surface area (TPSA) is 3.24 Å². The zero-order chi connectivity index (χ0) is 40.5. The summed E-state index contributed by atoms with van der Waals surface area (Å²) >= 11 is 0. The molecule has 11 aromatic carbocycles. The lowest BCUT2D eigenvalue weighted by molar-refractivity contribution is 1.28. The predicted molar refractivity (Wildman–Crippen MR) is 261 cm³/mol. The van der Waals surface area contributed by atoms with E-state index in [0.29, 0.717) is 0 Å². The fraction of sp³-hybridized carbons (Fsp3) is 0. The van der Waals surface area contributed by atoms with Crippen molar-refractivity contribution in [2.24, 2.45) is 0 Å². The molecule has 11 rings (SSSR count). The highest BCUT2D eigenvalue weighted by Gasteiger charge is 2.16. The summed E-state index contributed by atoms with van der Waals surface area (Å²) in [6.45, 7) is 0. The Kier molecular flexibility index (Phi) is 9.26. The molecule has 0 saturated carbocycles. The Morgan fingerprint density at radius 1 is 0.197 bits per heavy atom. The molecule has 61 heavy (non-hydrogen) atoms. The molecule has 0 heterocycles. The van der Waals surface area contributed by atoms with Crippen molar-refractivity contribution in [2.45, 2.75) is 0 Å². The summed E-state index contributed by atoms with van der Waals surface area (Å²) in [6.07, 6.45) is 0. The summed E-state index contributed by atoms with van der Waals surface area (Å²) in [5.74, 6) is 0. The Bertz CT molecular complexity index is 3320. The SMILES string of the molecule is c1ccc(-c2ccc(N(c3ccc(-c4cc(-c5ccc6ccccc6c5)ccc4-c4ccc5ccccc5c4)cc3)c3ccc(-c4cccc5ccccc45)cc3)cc2)cc1. The van der Waals surface area contributed by atoms with E-state index < -0.39 is 0 Å². The minimum atomic E-state index is 1.09. The highest BCUT2D eigenvalue weighted by molar-refractivity contribution is 5.98. The maximum atomic E-state index is 2.37. The second-order valence-corrected chi connectivity index (χ2v) is 15.8. The zero-order valence-corrected chi connectivity index (χ0v) is 33.6. The lowest BCUT2D eigenvalue weighted by Gasteiger charge is -2.26. The van der Waals surface area contributed by atoms with Gasteiger partial charge in [-0.3, -0.25) is 0 Å². The minimum Gasteiger partial charge on any atom is -0.311 e. The Hall–Kier alpha value is -8.00. The summed E-state index contributed by atoms with van der Waals surface area (Å²) in [5.41, 5.74) is 15.3. The minimum absolute atomic E-state index is 1.09. The van der Waals surface area contributed by atoms with Gasteiger partial charge in [0.05, 0.1) is 0 Å². The third-order valence-corrected chi connectivity index (χ3v) is 12.1. The van der Waals surface area contributed by atoms with Crippen molar-refractivity contribution in [2.75, 3.05) is 4.90 Å². The summed E-state index contributed by atoms with van der Waals surface area (Å²) < 4.78 is 0. The van der Waals surface area contributed by atoms with Crippen LogP contribution in [0.5, 0.6) is 0 Å². The number of fused-ring (bicyclic) bond motifs is 3. The fourth-order valence-corrected chi connectivity index (χ4v) is 8.88. The lowest BCUT2D eigenvalue weighted by atomic mass is 9.89. The van der Waals surface area contributed by atoms with E-state index in [1.807, 2.05) is 0 Å². The van der Waals surface area contributed by atoms with Crippen LogP contribution in [-0.4, -0.2) is 0 Å². The van der Waals surface area contributed by atoms with Crippen molar-refractivity contribution < 1.29 is 0 Å². The molecule has 0 N–H and O–H groups in total. The van der Waals surface area contributed by atoms with Crippen LogP contribution in [0.1, 0.15) is 0 Å². The number of hydrogen-bond donors (Lipinski definition) is 0. The van der Waals surface area contributed by atoms with Crippen LogP contribution in [0.2, 0.25) is 0 Å². The monoisotopic (exact) mass is 775 g/mol. The predicted octanol–water partition coefficient (Wildman–Crippen LogP) is 17.0. The molecule has 0 radical (unpaired) electrons. The van der Waals surface area contributed by atoms with E-state index in [4.69, 9.17) is 0 Å². The average molecular weight is 776 g/mol. The molecule has 0 saturated heterocycles. The number of rotatable bonds is 8. The molecule has 0 aliphatic heterocycles. The maximum Gasteiger partial charge on any atom is 0.0462 e. The number of anilines is 3. The number of nitrogens with zero attached hydrogens (tertiary/aromatic N) is 1. The van der Waals surface area contributed by atoms with Gasteiger partial charge in [-0.25, -0.2) is 0 Å². The average Bonchev–Trinajstić information content (AvgIpc) is 3.34. The third-order valence-electron chi connectivity index (χ3n) is 12.1. The first-order valence-corrected chi connectivity index (χ1v) is 21.0. The van der Waals surface area contributed by atoms with Gasteiger partial charge in [0.1, 0.15) is 0 Å². The first-order valence-electron chi connectivity index (χ1n) is 21.0. The van der Waals surface area contributed by atoms with E-state index in [1.54, 1.807) is 0 Å². The summed E-state index contributed by atoms with van der Waals surface area (Å²) in [6, 6.07) is 90.5. The molecule has 11 aromatic rings. The normalized spacial score (nSPS) is 11.3. The number of benzene rings is 11. The fourth-order valence-electron chi connectivity index (χ4n) is 8.88. The molecule has 0 aromatic heterocycles. The van der Waals surface area contributed by atoms with Crippen LogP contribution < -0.4 is 4.90 Å². The van der Waals surface area contributed by atoms with Gasteiger partial charge in [-0.05, 0) is 143 Å². The van der Waals surface area contributed by atoms with Gasteiger partial charge in [0.25, 0.3) is 0 Å². The quantitative estimate of drug-likeness (QED) is 0.149. The van der Waals surface area contributed by atoms with Crippen LogP contribution in [0.15, 0.2) is 249 Å². The van der Waals surface area contributed by atoms with Gasteiger partial charge in [0, 0.05) is 17.1 Å². The van der Waals surface area contributed by atoms with Gasteiger partial charge >= 0.3 is 0 Å². The van der Waals surface area contributed by atoms with Gasteiger partial charge in [-0.2, -0.15) is 0 Å². The standard InChI is InChI=1S/C60H41N/c1-2-11-42(12-3-1)45-25-32-54(33-26-45)61(55-34-27-47(28-35-55)58-20-10-18-46-15-8-9-19-57(46)58)56-36-29-48(30-37-56)60-41-52(51-23-21-43-13-4-6-16-49(43)39-51)31-38-59(60)53-24-22-44-14-5-7-17-50(44)40-53/h1-41H. The zero-order valence-electron chi connectivity index (χ0n) is 33.6. The Morgan fingerprint density at radius 2 is 0.623 bits per heavy atom. The second-order valence-electron chi connectivity index (χ2n) is 15.8. The van der Waals surface area contributed by atoms with Gasteiger partial charge in [0.2, 0.25) is 0 Å². The summed E-state index contributed by atoms with van der Waals surface area (Å²) in [5, 5.41) is 7.47. The molecule has 0 aliphatic carbocycles. The highest BCUT2D eigenvalue weighted by Crippen LogP contribution is 2.41. The van der Waals surface area contributed by atoms with Gasteiger partial charge in [-0.15, -0.1) is 0 Å². The van der Waals surface area contributed by atoms with Crippen molar-refractivity contribution in [1.29, 1.82) is 0 Å². The molecular formula is C60H41N. The van der Waals surface area contributed by atoms with E-state index in [1.165, 1.54) is 88.0 Å². The Morgan fingerprint density at radius 3 is 1.26 bits per heavy atom. The molecule has 0 aliphatic rings. The molecule has 1 nitrogen and oxygen atoms in total. The van der Waals surface area contributed by atoms with Crippen LogP contribution in [0.25, 0.3) is 88.0 Å². The van der Waals surface area contributed by atoms with E-state index in [9.17, 15) is 0 Å². The molecule has 0 atom stereocenters. The van der Waals surface area contributed by atoms with Gasteiger partial charge < -0.3 is 4.90 Å². The third kappa shape index (κ3) is 7.03. The van der Waals surface area contributed by atoms with Gasteiger partial charge in [0.15, 0.2) is 0 Å². The van der Waals surface area contributed by atoms with Crippen LogP contribution in [0.4, 0.5) is 17.1 Å². The Balaban J connectivity index is 1.02. The molecule has 0 unspecified atom stereocenters. The smallest absolute Gasteiger partial charge is 0.0462 e. The van der Waals surface area contributed by atoms with E-state index in [-0.39, 0.29) is 0 Å². The van der Waals surface area contributed by atoms with E-state index in [2.05, 4.69) is 254 Å². The Labute approximate surface area is 357 Å². The first kappa shape index (κ1) is 36.1. The van der Waals surface area contributed by atoms with Crippen molar-refractivity contribution in [3.8, 4) is 55.6 Å². The molecular weight excluding hydrogens is 735 g/mol. The van der Waals surface area contributed by atoms with Crippen molar-refractivity contribution in [1.82, 2.24) is 0 Å². The lowest BCUT2D eigenvalue weighted by Crippen LogP contribution is -2.09. The van der Waals surface area contributed by atoms with Gasteiger partial charge in [-0.1, -0.05) is 194 Å². The summed E-state index contributed by atoms with van der Waals surface area (Å²) in [7, 11) is 0. The number of hydrogen-bond acceptors (Lipinski definition) is 1. The molecule has 286 valence electrons. The molecule has 0 bridgehead atoms. The second kappa shape index (κ2) is 15.6. The van der Waals surface area contributed by atoms with Crippen LogP contribution in [0, 0.1) is 0 Å². The highest BCUT2D eigenvalue weighted by atomic mass is 15.1. The molecule has 0 amide bonds. The van der Waals surface area contributed by atoms with E-state index >= 15 is 0 Å². The largest absolute Gasteiger partial charge is 0.311 e. The van der Waals surface area contributed by atoms with Crippen molar-refractivity contribution in [3.63, 3.8) is 0 Å². The first-order chi connectivity index (χ1) is 30.2. The van der Waals surface area contributed by atoms with E-state index in [0.717, 1.165) is 17.1 Å². The van der Waals surface area contributed by atoms with Crippen LogP contribution in [-0.2, 0) is 0 Å². The van der Waals surface area contributed by atoms with Crippen molar-refractivity contribution in [3.05, 3.63) is 249 Å². The van der Waals surface area contributed by atoms with Crippen molar-refractivity contribution >= 4 is 49.4 Å². The van der Waals surface area contributed by atoms with Crippen LogP contribution >= 0.6 is 0 Å². The van der Waals surface area contributed by atoms with Crippen LogP contribution in [0.3, 0.4) is 0 Å². The molecule has 1 heteroatoms. The maximum absolute atomic E-state index is 2.37. The molecule has 0 fully saturated rings. The molecule has 0 spiro atoms.